The third-order valence-corrected chi connectivity index (χ3v) is 3.45. The molecule has 0 amide bonds. The van der Waals surface area contributed by atoms with Gasteiger partial charge < -0.3 is 4.74 Å². The fraction of sp³-hybridized carbons (Fsp3) is 0.235. The monoisotopic (exact) mass is 306 g/mol. The molecule has 0 unspecified atom stereocenters. The Labute approximate surface area is 128 Å². The van der Waals surface area contributed by atoms with E-state index in [9.17, 15) is 9.18 Å². The maximum atomic E-state index is 13.6. The van der Waals surface area contributed by atoms with Gasteiger partial charge in [-0.2, -0.15) is 0 Å². The Kier molecular flexibility index (Phi) is 5.34. The van der Waals surface area contributed by atoms with Crippen molar-refractivity contribution in [1.29, 1.82) is 0 Å². The minimum atomic E-state index is -0.391. The predicted molar refractivity (Wildman–Crippen MR) is 81.4 cm³/mol. The van der Waals surface area contributed by atoms with E-state index < -0.39 is 5.82 Å². The van der Waals surface area contributed by atoms with Crippen LogP contribution >= 0.6 is 11.6 Å². The van der Waals surface area contributed by atoms with Crippen molar-refractivity contribution in [3.63, 3.8) is 0 Å². The minimum Gasteiger partial charge on any atom is -0.489 e. The van der Waals surface area contributed by atoms with Crippen LogP contribution in [0, 0.1) is 5.82 Å². The third-order valence-electron chi connectivity index (χ3n) is 3.10. The number of ketones is 1. The van der Waals surface area contributed by atoms with Gasteiger partial charge in [0.1, 0.15) is 18.2 Å². The van der Waals surface area contributed by atoms with Gasteiger partial charge in [-0.3, -0.25) is 4.79 Å². The average Bonchev–Trinajstić information content (AvgIpc) is 2.47. The van der Waals surface area contributed by atoms with Crippen LogP contribution in [0.5, 0.6) is 5.75 Å². The van der Waals surface area contributed by atoms with Gasteiger partial charge in [0.05, 0.1) is 5.02 Å². The van der Waals surface area contributed by atoms with Gasteiger partial charge in [0.2, 0.25) is 0 Å². The number of carbonyl (C=O) groups excluding carboxylic acids is 1. The van der Waals surface area contributed by atoms with E-state index in [0.29, 0.717) is 28.3 Å². The van der Waals surface area contributed by atoms with E-state index in [4.69, 9.17) is 16.3 Å². The van der Waals surface area contributed by atoms with Crippen LogP contribution < -0.4 is 4.74 Å². The van der Waals surface area contributed by atoms with E-state index in [1.54, 1.807) is 36.4 Å². The molecule has 0 spiro atoms. The zero-order chi connectivity index (χ0) is 15.2. The molecular weight excluding hydrogens is 291 g/mol. The van der Waals surface area contributed by atoms with Crippen LogP contribution in [0.1, 0.15) is 35.7 Å². The first-order valence-corrected chi connectivity index (χ1v) is 7.18. The second-order valence-corrected chi connectivity index (χ2v) is 5.09. The van der Waals surface area contributed by atoms with Gasteiger partial charge in [0.15, 0.2) is 5.78 Å². The van der Waals surface area contributed by atoms with Gasteiger partial charge in [-0.15, -0.1) is 0 Å². The molecule has 0 fully saturated rings. The summed E-state index contributed by atoms with van der Waals surface area (Å²) in [5.74, 6) is 0.292. The highest BCUT2D eigenvalue weighted by molar-refractivity contribution is 6.31. The molecule has 2 nitrogen and oxygen atoms in total. The first-order chi connectivity index (χ1) is 10.1. The largest absolute Gasteiger partial charge is 0.489 e. The molecule has 110 valence electrons. The molecule has 2 aromatic carbocycles. The lowest BCUT2D eigenvalue weighted by Gasteiger charge is -2.09. The number of rotatable bonds is 6. The van der Waals surface area contributed by atoms with Crippen LogP contribution in [0.25, 0.3) is 0 Å². The summed E-state index contributed by atoms with van der Waals surface area (Å²) in [6.45, 7) is 2.02. The topological polar surface area (TPSA) is 26.3 Å². The molecule has 2 aromatic rings. The second kappa shape index (κ2) is 7.23. The Hall–Kier alpha value is -1.87. The van der Waals surface area contributed by atoms with E-state index in [1.165, 1.54) is 6.07 Å². The number of ether oxygens (including phenoxy) is 1. The third kappa shape index (κ3) is 4.05. The Balaban J connectivity index is 2.03. The molecule has 2 rings (SSSR count). The van der Waals surface area contributed by atoms with Crippen molar-refractivity contribution in [3.8, 4) is 5.75 Å². The van der Waals surface area contributed by atoms with Gasteiger partial charge in [-0.1, -0.05) is 24.6 Å². The van der Waals surface area contributed by atoms with Gasteiger partial charge >= 0.3 is 0 Å². The summed E-state index contributed by atoms with van der Waals surface area (Å²) in [6, 6.07) is 11.4. The van der Waals surface area contributed by atoms with Gasteiger partial charge in [-0.05, 0) is 42.8 Å². The lowest BCUT2D eigenvalue weighted by molar-refractivity contribution is 0.0981. The van der Waals surface area contributed by atoms with Crippen LogP contribution in [0.4, 0.5) is 4.39 Å². The smallest absolute Gasteiger partial charge is 0.162 e. The summed E-state index contributed by atoms with van der Waals surface area (Å²) < 4.78 is 19.1. The van der Waals surface area contributed by atoms with Crippen molar-refractivity contribution >= 4 is 17.4 Å². The maximum absolute atomic E-state index is 13.6. The average molecular weight is 307 g/mol. The molecule has 0 aliphatic heterocycles. The molecular formula is C17H16ClFO2. The van der Waals surface area contributed by atoms with Crippen LogP contribution in [0.15, 0.2) is 42.5 Å². The SMILES string of the molecule is CCCC(=O)c1ccc(OCc2c(F)cccc2Cl)cc1. The molecule has 0 atom stereocenters. The first-order valence-electron chi connectivity index (χ1n) is 6.80. The lowest BCUT2D eigenvalue weighted by atomic mass is 10.1. The van der Waals surface area contributed by atoms with Gasteiger partial charge in [0, 0.05) is 17.5 Å². The Bertz CT molecular complexity index is 603. The summed E-state index contributed by atoms with van der Waals surface area (Å²) in [7, 11) is 0. The van der Waals surface area contributed by atoms with Gasteiger partial charge in [-0.25, -0.2) is 4.39 Å². The normalized spacial score (nSPS) is 10.4. The van der Waals surface area contributed by atoms with E-state index in [2.05, 4.69) is 0 Å². The van der Waals surface area contributed by atoms with Crippen molar-refractivity contribution < 1.29 is 13.9 Å². The summed E-state index contributed by atoms with van der Waals surface area (Å²) in [5.41, 5.74) is 0.985. The highest BCUT2D eigenvalue weighted by Gasteiger charge is 2.08. The van der Waals surface area contributed by atoms with Crippen LogP contribution in [-0.2, 0) is 6.61 Å². The molecule has 0 aliphatic rings. The number of benzene rings is 2. The predicted octanol–water partition coefficient (Wildman–Crippen LogP) is 5.04. The zero-order valence-corrected chi connectivity index (χ0v) is 12.5. The fourth-order valence-electron chi connectivity index (χ4n) is 1.93. The van der Waals surface area contributed by atoms with Crippen LogP contribution in [-0.4, -0.2) is 5.78 Å². The van der Waals surface area contributed by atoms with Crippen molar-refractivity contribution in [2.75, 3.05) is 0 Å². The molecule has 0 aliphatic carbocycles. The molecule has 4 heteroatoms. The van der Waals surface area contributed by atoms with E-state index in [0.717, 1.165) is 6.42 Å². The quantitative estimate of drug-likeness (QED) is 0.699. The number of carbonyl (C=O) groups is 1. The number of Topliss-reactive ketones (excluding diaryl/α,β-unsaturated/α-hetero) is 1. The van der Waals surface area contributed by atoms with Crippen LogP contribution in [0.3, 0.4) is 0 Å². The van der Waals surface area contributed by atoms with Crippen LogP contribution in [0.2, 0.25) is 5.02 Å². The Morgan fingerprint density at radius 3 is 2.52 bits per heavy atom. The Morgan fingerprint density at radius 1 is 1.19 bits per heavy atom. The summed E-state index contributed by atoms with van der Waals surface area (Å²) >= 11 is 5.93. The van der Waals surface area contributed by atoms with E-state index in [-0.39, 0.29) is 12.4 Å². The molecule has 0 saturated carbocycles. The molecule has 21 heavy (non-hydrogen) atoms. The lowest BCUT2D eigenvalue weighted by Crippen LogP contribution is -2.01. The number of halogens is 2. The van der Waals surface area contributed by atoms with E-state index >= 15 is 0 Å². The zero-order valence-electron chi connectivity index (χ0n) is 11.7. The molecule has 0 aromatic heterocycles. The fourth-order valence-corrected chi connectivity index (χ4v) is 2.15. The number of hydrogen-bond donors (Lipinski definition) is 0. The van der Waals surface area contributed by atoms with Crippen molar-refractivity contribution in [1.82, 2.24) is 0 Å². The van der Waals surface area contributed by atoms with Crippen molar-refractivity contribution in [2.24, 2.45) is 0 Å². The summed E-state index contributed by atoms with van der Waals surface area (Å²) in [4.78, 5) is 11.7. The first kappa shape index (κ1) is 15.5. The molecule has 0 heterocycles. The summed E-state index contributed by atoms with van der Waals surface area (Å²) in [5, 5.41) is 0.338. The van der Waals surface area contributed by atoms with Crippen molar-refractivity contribution in [3.05, 3.63) is 64.4 Å². The molecule has 0 bridgehead atoms. The number of hydrogen-bond acceptors (Lipinski definition) is 2. The highest BCUT2D eigenvalue weighted by atomic mass is 35.5. The molecule has 0 N–H and O–H groups in total. The maximum Gasteiger partial charge on any atom is 0.162 e. The Morgan fingerprint density at radius 2 is 1.90 bits per heavy atom. The van der Waals surface area contributed by atoms with Gasteiger partial charge in [0.25, 0.3) is 0 Å². The highest BCUT2D eigenvalue weighted by Crippen LogP contribution is 2.22. The minimum absolute atomic E-state index is 0.0494. The second-order valence-electron chi connectivity index (χ2n) is 4.69. The standard InChI is InChI=1S/C17H16ClFO2/c1-2-4-17(20)12-7-9-13(10-8-12)21-11-14-15(18)5-3-6-16(14)19/h3,5-10H,2,4,11H2,1H3. The summed E-state index contributed by atoms with van der Waals surface area (Å²) in [6.07, 6.45) is 1.36. The van der Waals surface area contributed by atoms with E-state index in [1.807, 2.05) is 6.92 Å². The van der Waals surface area contributed by atoms with Crippen molar-refractivity contribution in [2.45, 2.75) is 26.4 Å². The molecule has 0 radical (unpaired) electrons. The molecule has 0 saturated heterocycles.